The molecule has 1 atom stereocenters. The largest absolute Gasteiger partial charge is 0.396 e. The summed E-state index contributed by atoms with van der Waals surface area (Å²) >= 11 is 1.18. The first-order valence-electron chi connectivity index (χ1n) is 3.43. The summed E-state index contributed by atoms with van der Waals surface area (Å²) < 4.78 is 0. The molecule has 0 N–H and O–H groups in total. The lowest BCUT2D eigenvalue weighted by molar-refractivity contribution is 0.158. The molecule has 0 saturated heterocycles. The molecule has 0 amide bonds. The molecule has 0 aliphatic heterocycles. The van der Waals surface area contributed by atoms with Crippen molar-refractivity contribution in [2.45, 2.75) is 26.0 Å². The molecule has 0 fully saturated rings. The van der Waals surface area contributed by atoms with E-state index in [4.69, 9.17) is 10.1 Å². The normalized spacial score (nSPS) is 13.8. The SMILES string of the molecule is CCON=C(C)C(C)SC#N. The Balaban J connectivity index is 3.81. The van der Waals surface area contributed by atoms with Crippen molar-refractivity contribution >= 4 is 17.5 Å². The Morgan fingerprint density at radius 1 is 1.82 bits per heavy atom. The lowest BCUT2D eigenvalue weighted by Crippen LogP contribution is -2.08. The summed E-state index contributed by atoms with van der Waals surface area (Å²) in [6, 6.07) is 0. The van der Waals surface area contributed by atoms with E-state index in [2.05, 4.69) is 5.16 Å². The van der Waals surface area contributed by atoms with Crippen molar-refractivity contribution in [2.75, 3.05) is 6.61 Å². The van der Waals surface area contributed by atoms with Crippen molar-refractivity contribution < 1.29 is 4.84 Å². The van der Waals surface area contributed by atoms with Gasteiger partial charge in [0, 0.05) is 0 Å². The van der Waals surface area contributed by atoms with Crippen molar-refractivity contribution in [2.24, 2.45) is 5.16 Å². The molecule has 11 heavy (non-hydrogen) atoms. The summed E-state index contributed by atoms with van der Waals surface area (Å²) in [5.41, 5.74) is 0.846. The van der Waals surface area contributed by atoms with Gasteiger partial charge in [-0.15, -0.1) is 0 Å². The van der Waals surface area contributed by atoms with E-state index >= 15 is 0 Å². The minimum atomic E-state index is 0.117. The highest BCUT2D eigenvalue weighted by atomic mass is 32.2. The zero-order valence-electron chi connectivity index (χ0n) is 7.00. The highest BCUT2D eigenvalue weighted by molar-refractivity contribution is 8.04. The molecule has 0 aliphatic carbocycles. The average Bonchev–Trinajstić information content (AvgIpc) is 2.00. The molecule has 0 aromatic carbocycles. The van der Waals surface area contributed by atoms with Gasteiger partial charge in [-0.3, -0.25) is 0 Å². The molecule has 0 spiro atoms. The summed E-state index contributed by atoms with van der Waals surface area (Å²) in [7, 11) is 0. The Labute approximate surface area is 71.4 Å². The van der Waals surface area contributed by atoms with Crippen LogP contribution in [0.3, 0.4) is 0 Å². The number of thioether (sulfide) groups is 1. The molecule has 1 unspecified atom stereocenters. The fourth-order valence-corrected chi connectivity index (χ4v) is 0.777. The van der Waals surface area contributed by atoms with Crippen LogP contribution >= 0.6 is 11.8 Å². The van der Waals surface area contributed by atoms with Crippen LogP contribution in [-0.2, 0) is 4.84 Å². The Morgan fingerprint density at radius 3 is 2.91 bits per heavy atom. The van der Waals surface area contributed by atoms with Crippen molar-refractivity contribution in [3.8, 4) is 5.40 Å². The maximum absolute atomic E-state index is 8.33. The van der Waals surface area contributed by atoms with Gasteiger partial charge >= 0.3 is 0 Å². The fourth-order valence-electron chi connectivity index (χ4n) is 0.405. The molecule has 0 saturated carbocycles. The van der Waals surface area contributed by atoms with E-state index in [-0.39, 0.29) is 5.25 Å². The first-order chi connectivity index (χ1) is 5.22. The molecule has 4 heteroatoms. The fraction of sp³-hybridized carbons (Fsp3) is 0.714. The van der Waals surface area contributed by atoms with Crippen molar-refractivity contribution in [3.05, 3.63) is 0 Å². The van der Waals surface area contributed by atoms with Gasteiger partial charge in [0.15, 0.2) is 0 Å². The second kappa shape index (κ2) is 6.05. The van der Waals surface area contributed by atoms with Crippen LogP contribution in [0.15, 0.2) is 5.16 Å². The van der Waals surface area contributed by atoms with Crippen molar-refractivity contribution in [1.82, 2.24) is 0 Å². The Bertz CT molecular complexity index is 174. The van der Waals surface area contributed by atoms with Gasteiger partial charge in [-0.25, -0.2) is 0 Å². The molecule has 0 aliphatic rings. The maximum atomic E-state index is 8.33. The monoisotopic (exact) mass is 172 g/mol. The topological polar surface area (TPSA) is 45.4 Å². The minimum absolute atomic E-state index is 0.117. The number of rotatable bonds is 4. The Morgan fingerprint density at radius 2 is 2.45 bits per heavy atom. The smallest absolute Gasteiger partial charge is 0.134 e. The van der Waals surface area contributed by atoms with E-state index in [9.17, 15) is 0 Å². The van der Waals surface area contributed by atoms with Gasteiger partial charge in [-0.1, -0.05) is 5.16 Å². The zero-order valence-corrected chi connectivity index (χ0v) is 7.81. The highest BCUT2D eigenvalue weighted by Gasteiger charge is 2.05. The highest BCUT2D eigenvalue weighted by Crippen LogP contribution is 2.09. The minimum Gasteiger partial charge on any atom is -0.396 e. The first-order valence-corrected chi connectivity index (χ1v) is 4.31. The molecular formula is C7H12N2OS. The third-order valence-electron chi connectivity index (χ3n) is 1.16. The van der Waals surface area contributed by atoms with Crippen LogP contribution in [0.1, 0.15) is 20.8 Å². The zero-order chi connectivity index (χ0) is 8.69. The molecule has 0 radical (unpaired) electrons. The predicted octanol–water partition coefficient (Wildman–Crippen LogP) is 2.00. The second-order valence-corrected chi connectivity index (χ2v) is 3.13. The van der Waals surface area contributed by atoms with E-state index in [1.165, 1.54) is 11.8 Å². The third kappa shape index (κ3) is 4.68. The van der Waals surface area contributed by atoms with Gasteiger partial charge in [0.1, 0.15) is 12.0 Å². The van der Waals surface area contributed by atoms with Gasteiger partial charge in [-0.2, -0.15) is 5.26 Å². The first kappa shape index (κ1) is 10.3. The number of nitrogens with zero attached hydrogens (tertiary/aromatic N) is 2. The number of oxime groups is 1. The second-order valence-electron chi connectivity index (χ2n) is 2.00. The van der Waals surface area contributed by atoms with E-state index < -0.39 is 0 Å². The van der Waals surface area contributed by atoms with Crippen LogP contribution in [-0.4, -0.2) is 17.6 Å². The number of thiocyanates is 1. The molecule has 0 aromatic heterocycles. The number of hydrogen-bond acceptors (Lipinski definition) is 4. The van der Waals surface area contributed by atoms with Crippen LogP contribution in [0.2, 0.25) is 0 Å². The van der Waals surface area contributed by atoms with Crippen molar-refractivity contribution in [1.29, 1.82) is 5.26 Å². The van der Waals surface area contributed by atoms with Gasteiger partial charge < -0.3 is 4.84 Å². The van der Waals surface area contributed by atoms with Gasteiger partial charge in [0.2, 0.25) is 0 Å². The van der Waals surface area contributed by atoms with Crippen LogP contribution in [0, 0.1) is 10.7 Å². The van der Waals surface area contributed by atoms with E-state index in [0.717, 1.165) is 5.71 Å². The number of nitriles is 1. The van der Waals surface area contributed by atoms with Gasteiger partial charge in [0.05, 0.1) is 11.0 Å². The molecule has 62 valence electrons. The van der Waals surface area contributed by atoms with Crippen LogP contribution in [0.4, 0.5) is 0 Å². The Kier molecular flexibility index (Phi) is 5.67. The van der Waals surface area contributed by atoms with Gasteiger partial charge in [-0.05, 0) is 32.5 Å². The van der Waals surface area contributed by atoms with Crippen LogP contribution in [0.25, 0.3) is 0 Å². The summed E-state index contributed by atoms with van der Waals surface area (Å²) in [5.74, 6) is 0. The Hall–Kier alpha value is -0.690. The summed E-state index contributed by atoms with van der Waals surface area (Å²) in [6.45, 7) is 6.22. The lowest BCUT2D eigenvalue weighted by Gasteiger charge is -2.03. The standard InChI is InChI=1S/C7H12N2OS/c1-4-10-9-6(2)7(3)11-5-8/h7H,4H2,1-3H3. The third-order valence-corrected chi connectivity index (χ3v) is 1.96. The molecule has 0 bridgehead atoms. The van der Waals surface area contributed by atoms with E-state index in [1.54, 1.807) is 0 Å². The average molecular weight is 172 g/mol. The summed E-state index contributed by atoms with van der Waals surface area (Å²) in [5, 5.41) is 14.3. The summed E-state index contributed by atoms with van der Waals surface area (Å²) in [4.78, 5) is 4.83. The van der Waals surface area contributed by atoms with E-state index in [1.807, 2.05) is 26.2 Å². The molecule has 3 nitrogen and oxygen atoms in total. The summed E-state index contributed by atoms with van der Waals surface area (Å²) in [6.07, 6.45) is 0. The van der Waals surface area contributed by atoms with E-state index in [0.29, 0.717) is 6.61 Å². The molecule has 0 heterocycles. The van der Waals surface area contributed by atoms with Gasteiger partial charge in [0.25, 0.3) is 0 Å². The molecular weight excluding hydrogens is 160 g/mol. The van der Waals surface area contributed by atoms with Crippen LogP contribution < -0.4 is 0 Å². The molecule has 0 rings (SSSR count). The maximum Gasteiger partial charge on any atom is 0.134 e. The lowest BCUT2D eigenvalue weighted by atomic mass is 10.3. The predicted molar refractivity (Wildman–Crippen MR) is 47.4 cm³/mol. The molecule has 0 aromatic rings. The number of hydrogen-bond donors (Lipinski definition) is 0. The van der Waals surface area contributed by atoms with Crippen LogP contribution in [0.5, 0.6) is 0 Å². The quantitative estimate of drug-likeness (QED) is 0.370. The van der Waals surface area contributed by atoms with Crippen molar-refractivity contribution in [3.63, 3.8) is 0 Å².